The van der Waals surface area contributed by atoms with Crippen LogP contribution < -0.4 is 5.32 Å². The van der Waals surface area contributed by atoms with Crippen LogP contribution in [0.3, 0.4) is 0 Å². The van der Waals surface area contributed by atoms with Crippen LogP contribution in [-0.2, 0) is 9.59 Å². The summed E-state index contributed by atoms with van der Waals surface area (Å²) in [4.78, 5) is 40.3. The third-order valence-electron chi connectivity index (χ3n) is 7.29. The number of carboxylic acid groups (broad SMARTS) is 1. The second-order valence-electron chi connectivity index (χ2n) is 10.5. The fourth-order valence-corrected chi connectivity index (χ4v) is 5.57. The summed E-state index contributed by atoms with van der Waals surface area (Å²) in [6.07, 6.45) is 5.52. The number of aliphatic carboxylic acids is 1. The van der Waals surface area contributed by atoms with Crippen LogP contribution in [-0.4, -0.2) is 60.6 Å². The van der Waals surface area contributed by atoms with E-state index in [9.17, 15) is 18.8 Å². The van der Waals surface area contributed by atoms with E-state index in [0.29, 0.717) is 35.2 Å². The molecule has 3 atom stereocenters. The highest BCUT2D eigenvalue weighted by Crippen LogP contribution is 2.44. The average Bonchev–Trinajstić information content (AvgIpc) is 2.91. The monoisotopic (exact) mass is 539 g/mol. The van der Waals surface area contributed by atoms with Crippen molar-refractivity contribution in [3.63, 3.8) is 0 Å². The van der Waals surface area contributed by atoms with Crippen LogP contribution in [0.25, 0.3) is 0 Å². The van der Waals surface area contributed by atoms with Crippen LogP contribution in [0.4, 0.5) is 4.39 Å². The van der Waals surface area contributed by atoms with Crippen molar-refractivity contribution in [3.05, 3.63) is 71.0 Å². The molecule has 0 heterocycles. The Morgan fingerprint density at radius 3 is 2.15 bits per heavy atom. The number of carbonyl (C=O) groups is 3. The van der Waals surface area contributed by atoms with Gasteiger partial charge >= 0.3 is 5.97 Å². The minimum absolute atomic E-state index is 0.0815. The molecule has 0 amide bonds. The van der Waals surface area contributed by atoms with Crippen molar-refractivity contribution in [1.29, 1.82) is 0 Å². The molecule has 3 unspecified atom stereocenters. The number of aldehydes is 2. The molecule has 39 heavy (non-hydrogen) atoms. The molecule has 1 aliphatic carbocycles. The maximum atomic E-state index is 13.5. The molecule has 8 heteroatoms. The van der Waals surface area contributed by atoms with E-state index in [0.717, 1.165) is 43.8 Å². The lowest BCUT2D eigenvalue weighted by molar-refractivity contribution is -0.136. The molecule has 0 aliphatic heterocycles. The molecule has 0 saturated heterocycles. The van der Waals surface area contributed by atoms with E-state index in [1.165, 1.54) is 12.1 Å². The molecule has 1 fully saturated rings. The van der Waals surface area contributed by atoms with E-state index in [4.69, 9.17) is 10.1 Å². The largest absolute Gasteiger partial charge is 0.481 e. The smallest absolute Gasteiger partial charge is 0.304 e. The van der Waals surface area contributed by atoms with Gasteiger partial charge in [0.1, 0.15) is 23.5 Å². The summed E-state index contributed by atoms with van der Waals surface area (Å²) in [5.74, 6) is -0.174. The van der Waals surface area contributed by atoms with Crippen molar-refractivity contribution in [2.45, 2.75) is 64.6 Å². The van der Waals surface area contributed by atoms with Gasteiger partial charge in [-0.15, -0.1) is 0 Å². The van der Waals surface area contributed by atoms with Crippen molar-refractivity contribution >= 4 is 24.3 Å². The highest BCUT2D eigenvalue weighted by Gasteiger charge is 2.43. The molecule has 0 radical (unpaired) electrons. The first kappa shape index (κ1) is 32.0. The zero-order valence-corrected chi connectivity index (χ0v) is 23.7. The van der Waals surface area contributed by atoms with Crippen molar-refractivity contribution in [2.24, 2.45) is 16.8 Å². The summed E-state index contributed by atoms with van der Waals surface area (Å²) in [5.41, 5.74) is 2.20. The molecular weight excluding hydrogens is 497 g/mol. The third kappa shape index (κ3) is 9.18. The molecule has 0 aromatic heterocycles. The number of halogens is 1. The molecule has 2 aromatic carbocycles. The van der Waals surface area contributed by atoms with Crippen molar-refractivity contribution in [2.75, 3.05) is 20.6 Å². The molecule has 7 nitrogen and oxygen atoms in total. The van der Waals surface area contributed by atoms with Crippen LogP contribution in [0.15, 0.2) is 53.5 Å². The first-order valence-corrected chi connectivity index (χ1v) is 13.5. The van der Waals surface area contributed by atoms with Gasteiger partial charge in [0.25, 0.3) is 0 Å². The van der Waals surface area contributed by atoms with Crippen molar-refractivity contribution < 1.29 is 23.9 Å². The number of carbonyl (C=O) groups excluding carboxylic acids is 2. The topological polar surface area (TPSA) is 99.1 Å². The summed E-state index contributed by atoms with van der Waals surface area (Å²) < 4.78 is 13.5. The van der Waals surface area contributed by atoms with Gasteiger partial charge in [-0.1, -0.05) is 45.0 Å². The second kappa shape index (κ2) is 15.4. The van der Waals surface area contributed by atoms with Crippen LogP contribution in [0.2, 0.25) is 0 Å². The number of benzene rings is 2. The predicted molar refractivity (Wildman–Crippen MR) is 153 cm³/mol. The van der Waals surface area contributed by atoms with Crippen LogP contribution in [0, 0.1) is 17.7 Å². The maximum Gasteiger partial charge on any atom is 0.304 e. The molecule has 0 bridgehead atoms. The van der Waals surface area contributed by atoms with E-state index in [1.54, 1.807) is 19.2 Å². The zero-order valence-electron chi connectivity index (χ0n) is 23.7. The lowest BCUT2D eigenvalue weighted by atomic mass is 9.75. The minimum Gasteiger partial charge on any atom is -0.481 e. The van der Waals surface area contributed by atoms with Gasteiger partial charge in [0.05, 0.1) is 6.42 Å². The highest BCUT2D eigenvalue weighted by atomic mass is 19.1. The molecule has 2 aromatic rings. The van der Waals surface area contributed by atoms with Gasteiger partial charge < -0.3 is 10.4 Å². The molecule has 3 rings (SSSR count). The maximum absolute atomic E-state index is 13.5. The Morgan fingerprint density at radius 1 is 1.13 bits per heavy atom. The fraction of sp³-hybridized carbons (Fsp3) is 0.484. The Labute approximate surface area is 231 Å². The van der Waals surface area contributed by atoms with Crippen molar-refractivity contribution in [3.8, 4) is 0 Å². The van der Waals surface area contributed by atoms with E-state index in [2.05, 4.69) is 38.0 Å². The Morgan fingerprint density at radius 2 is 1.72 bits per heavy atom. The van der Waals surface area contributed by atoms with Gasteiger partial charge in [0.2, 0.25) is 0 Å². The van der Waals surface area contributed by atoms with E-state index in [1.807, 2.05) is 24.3 Å². The number of hydrogen-bond donors (Lipinski definition) is 2. The number of carboxylic acids is 1. The van der Waals surface area contributed by atoms with Gasteiger partial charge in [-0.3, -0.25) is 24.3 Å². The lowest BCUT2D eigenvalue weighted by Crippen LogP contribution is -2.51. The SMILES string of the molecule is CCC(c1ccc(C=O)cc1)N(C)C1(/N=C(\C=O)c2ccc(F)cc2)CC(C)CC(C)C1.CNCCC(=O)O. The van der Waals surface area contributed by atoms with Crippen LogP contribution in [0.5, 0.6) is 0 Å². The molecule has 212 valence electrons. The number of aliphatic imine (C=N–C) groups is 1. The fourth-order valence-electron chi connectivity index (χ4n) is 5.57. The average molecular weight is 540 g/mol. The summed E-state index contributed by atoms with van der Waals surface area (Å²) in [6, 6.07) is 13.7. The lowest BCUT2D eigenvalue weighted by Gasteiger charge is -2.49. The normalized spacial score (nSPS) is 22.0. The summed E-state index contributed by atoms with van der Waals surface area (Å²) in [6.45, 7) is 7.18. The number of nitrogens with one attached hydrogen (secondary N) is 1. The standard InChI is InChI=1S/C27H33FN2O2.C4H9NO2/c1-5-26(23-8-6-21(17-31)7-9-23)30(4)27(15-19(2)14-20(3)16-27)29-25(18-32)22-10-12-24(28)13-11-22;1-5-3-2-4(6)7/h6-13,17-20,26H,5,14-16H2,1-4H3;5H,2-3H2,1H3,(H,6,7)/b29-25+;. The van der Waals surface area contributed by atoms with E-state index >= 15 is 0 Å². The molecular formula is C31H42FN3O4. The predicted octanol–water partition coefficient (Wildman–Crippen LogP) is 5.54. The summed E-state index contributed by atoms with van der Waals surface area (Å²) in [7, 11) is 3.81. The second-order valence-corrected chi connectivity index (χ2v) is 10.5. The van der Waals surface area contributed by atoms with E-state index < -0.39 is 11.6 Å². The summed E-state index contributed by atoms with van der Waals surface area (Å²) in [5, 5.41) is 10.7. The highest BCUT2D eigenvalue weighted by molar-refractivity contribution is 6.36. The molecule has 2 N–H and O–H groups in total. The first-order chi connectivity index (χ1) is 18.6. The van der Waals surface area contributed by atoms with Gasteiger partial charge in [0.15, 0.2) is 6.29 Å². The van der Waals surface area contributed by atoms with Gasteiger partial charge in [-0.2, -0.15) is 0 Å². The summed E-state index contributed by atoms with van der Waals surface area (Å²) >= 11 is 0. The van der Waals surface area contributed by atoms with Gasteiger partial charge in [-0.25, -0.2) is 4.39 Å². The quantitative estimate of drug-likeness (QED) is 0.287. The number of rotatable bonds is 11. The van der Waals surface area contributed by atoms with Crippen molar-refractivity contribution in [1.82, 2.24) is 10.2 Å². The van der Waals surface area contributed by atoms with E-state index in [-0.39, 0.29) is 18.3 Å². The Balaban J connectivity index is 0.000000673. The third-order valence-corrected chi connectivity index (χ3v) is 7.29. The zero-order chi connectivity index (χ0) is 29.0. The molecule has 1 aliphatic rings. The first-order valence-electron chi connectivity index (χ1n) is 13.5. The van der Waals surface area contributed by atoms with Gasteiger partial charge in [0, 0.05) is 23.7 Å². The number of nitrogens with zero attached hydrogens (tertiary/aromatic N) is 2. The van der Waals surface area contributed by atoms with Gasteiger partial charge in [-0.05, 0) is 81.4 Å². The van der Waals surface area contributed by atoms with Crippen LogP contribution in [0.1, 0.15) is 80.4 Å². The Kier molecular flexibility index (Phi) is 12.6. The van der Waals surface area contributed by atoms with Crippen LogP contribution >= 0.6 is 0 Å². The molecule has 0 spiro atoms. The minimum atomic E-state index is -0.755. The Hall–Kier alpha value is -3.23. The number of hydrogen-bond acceptors (Lipinski definition) is 6. The Bertz CT molecular complexity index is 1090. The molecule has 1 saturated carbocycles.